The van der Waals surface area contributed by atoms with Crippen LogP contribution < -0.4 is 10.1 Å². The smallest absolute Gasteiger partial charge is 0.271 e. The molecule has 0 aliphatic heterocycles. The van der Waals surface area contributed by atoms with Gasteiger partial charge in [-0.15, -0.1) is 0 Å². The molecule has 0 unspecified atom stereocenters. The fourth-order valence-corrected chi connectivity index (χ4v) is 4.16. The third-order valence-corrected chi connectivity index (χ3v) is 6.17. The van der Waals surface area contributed by atoms with E-state index in [1.54, 1.807) is 6.07 Å². The van der Waals surface area contributed by atoms with Crippen LogP contribution in [0.1, 0.15) is 27.0 Å². The maximum atomic E-state index is 12.8. The van der Waals surface area contributed by atoms with E-state index in [-0.39, 0.29) is 10.5 Å². The van der Waals surface area contributed by atoms with Gasteiger partial charge < -0.3 is 0 Å². The highest BCUT2D eigenvalue weighted by atomic mass is 79.9. The van der Waals surface area contributed by atoms with Crippen LogP contribution >= 0.6 is 15.9 Å². The molecule has 8 heteroatoms. The first kappa shape index (κ1) is 21.7. The van der Waals surface area contributed by atoms with Gasteiger partial charge in [0, 0.05) is 10.0 Å². The topological polar surface area (TPSA) is 87.6 Å². The maximum Gasteiger partial charge on any atom is 0.271 e. The number of sulfonamides is 1. The minimum atomic E-state index is -3.85. The molecule has 0 saturated heterocycles. The average molecular weight is 486 g/mol. The molecular formula is C22H20BrN3O3S. The number of benzene rings is 3. The molecule has 3 aromatic rings. The van der Waals surface area contributed by atoms with Crippen molar-refractivity contribution < 1.29 is 13.2 Å². The van der Waals surface area contributed by atoms with E-state index in [9.17, 15) is 13.2 Å². The van der Waals surface area contributed by atoms with Crippen molar-refractivity contribution >= 4 is 43.8 Å². The minimum Gasteiger partial charge on any atom is -0.279 e. The Hall–Kier alpha value is -2.97. The lowest BCUT2D eigenvalue weighted by Crippen LogP contribution is -2.19. The molecule has 0 aliphatic rings. The number of anilines is 1. The summed E-state index contributed by atoms with van der Waals surface area (Å²) in [5.41, 5.74) is 5.76. The summed E-state index contributed by atoms with van der Waals surface area (Å²) >= 11 is 3.35. The molecule has 0 fully saturated rings. The SMILES string of the molecule is Cc1ccc(NS(=O)(=O)c2cccc(C(=O)N/N=C/c3ccc(Br)cc3)c2)c(C)c1. The molecule has 0 heterocycles. The summed E-state index contributed by atoms with van der Waals surface area (Å²) in [6, 6.07) is 18.6. The first-order chi connectivity index (χ1) is 14.2. The molecule has 0 spiro atoms. The highest BCUT2D eigenvalue weighted by molar-refractivity contribution is 9.10. The summed E-state index contributed by atoms with van der Waals surface area (Å²) in [7, 11) is -3.85. The number of carbonyl (C=O) groups is 1. The van der Waals surface area contributed by atoms with E-state index in [4.69, 9.17) is 0 Å². The Kier molecular flexibility index (Phi) is 6.69. The van der Waals surface area contributed by atoms with Crippen LogP contribution in [0.5, 0.6) is 0 Å². The molecule has 3 rings (SSSR count). The van der Waals surface area contributed by atoms with Crippen LogP contribution in [-0.4, -0.2) is 20.5 Å². The number of hydrogen-bond acceptors (Lipinski definition) is 4. The Labute approximate surface area is 184 Å². The van der Waals surface area contributed by atoms with Gasteiger partial charge in [-0.3, -0.25) is 9.52 Å². The number of hydrazone groups is 1. The van der Waals surface area contributed by atoms with Gasteiger partial charge in [0.25, 0.3) is 15.9 Å². The van der Waals surface area contributed by atoms with E-state index >= 15 is 0 Å². The van der Waals surface area contributed by atoms with Crippen LogP contribution in [0.4, 0.5) is 5.69 Å². The zero-order valence-electron chi connectivity index (χ0n) is 16.4. The van der Waals surface area contributed by atoms with Gasteiger partial charge in [-0.25, -0.2) is 13.8 Å². The lowest BCUT2D eigenvalue weighted by Gasteiger charge is -2.12. The number of hydrogen-bond donors (Lipinski definition) is 2. The summed E-state index contributed by atoms with van der Waals surface area (Å²) < 4.78 is 29.0. The lowest BCUT2D eigenvalue weighted by molar-refractivity contribution is 0.0955. The number of nitrogens with zero attached hydrogens (tertiary/aromatic N) is 1. The zero-order valence-corrected chi connectivity index (χ0v) is 18.8. The van der Waals surface area contributed by atoms with Gasteiger partial charge in [-0.2, -0.15) is 5.10 Å². The Morgan fingerprint density at radius 2 is 1.73 bits per heavy atom. The van der Waals surface area contributed by atoms with E-state index in [0.29, 0.717) is 5.69 Å². The van der Waals surface area contributed by atoms with Crippen molar-refractivity contribution in [1.82, 2.24) is 5.43 Å². The summed E-state index contributed by atoms with van der Waals surface area (Å²) in [5.74, 6) is -0.507. The molecule has 0 atom stereocenters. The second kappa shape index (κ2) is 9.23. The van der Waals surface area contributed by atoms with E-state index in [1.165, 1.54) is 30.5 Å². The van der Waals surface area contributed by atoms with Crippen LogP contribution in [0.15, 0.2) is 81.2 Å². The molecule has 0 radical (unpaired) electrons. The fourth-order valence-electron chi connectivity index (χ4n) is 2.72. The largest absolute Gasteiger partial charge is 0.279 e. The van der Waals surface area contributed by atoms with Gasteiger partial charge in [0.05, 0.1) is 16.8 Å². The molecule has 1 amide bonds. The number of rotatable bonds is 6. The summed E-state index contributed by atoms with van der Waals surface area (Å²) in [4.78, 5) is 12.4. The van der Waals surface area contributed by atoms with Crippen LogP contribution in [0.2, 0.25) is 0 Å². The van der Waals surface area contributed by atoms with Crippen molar-refractivity contribution in [2.75, 3.05) is 4.72 Å². The molecule has 30 heavy (non-hydrogen) atoms. The molecule has 0 aliphatic carbocycles. The Balaban J connectivity index is 1.74. The molecule has 0 aromatic heterocycles. The molecule has 6 nitrogen and oxygen atoms in total. The molecule has 3 aromatic carbocycles. The number of amides is 1. The van der Waals surface area contributed by atoms with Gasteiger partial charge >= 0.3 is 0 Å². The standard InChI is InChI=1S/C22H20BrN3O3S/c1-15-6-11-21(16(2)12-15)26-30(28,29)20-5-3-4-18(13-20)22(27)25-24-14-17-7-9-19(23)10-8-17/h3-14,26H,1-2H3,(H,25,27)/b24-14+. The predicted octanol–water partition coefficient (Wildman–Crippen LogP) is 4.63. The Morgan fingerprint density at radius 3 is 2.43 bits per heavy atom. The quantitative estimate of drug-likeness (QED) is 0.394. The molecular weight excluding hydrogens is 466 g/mol. The van der Waals surface area contributed by atoms with E-state index < -0.39 is 15.9 Å². The third kappa shape index (κ3) is 5.55. The minimum absolute atomic E-state index is 0.00739. The first-order valence-electron chi connectivity index (χ1n) is 9.04. The monoisotopic (exact) mass is 485 g/mol. The average Bonchev–Trinajstić information content (AvgIpc) is 2.71. The fraction of sp³-hybridized carbons (Fsp3) is 0.0909. The van der Waals surface area contributed by atoms with E-state index in [1.807, 2.05) is 50.2 Å². The number of aryl methyl sites for hydroxylation is 2. The van der Waals surface area contributed by atoms with Crippen molar-refractivity contribution in [2.45, 2.75) is 18.7 Å². The van der Waals surface area contributed by atoms with E-state index in [2.05, 4.69) is 31.2 Å². The van der Waals surface area contributed by atoms with Gasteiger partial charge in [0.2, 0.25) is 0 Å². The van der Waals surface area contributed by atoms with Crippen molar-refractivity contribution in [3.05, 3.63) is 93.5 Å². The van der Waals surface area contributed by atoms with Gasteiger partial charge in [-0.05, 0) is 61.4 Å². The summed E-state index contributed by atoms with van der Waals surface area (Å²) in [6.45, 7) is 3.77. The normalized spacial score (nSPS) is 11.4. The number of carbonyl (C=O) groups excluding carboxylic acids is 1. The maximum absolute atomic E-state index is 12.8. The molecule has 0 saturated carbocycles. The van der Waals surface area contributed by atoms with Crippen molar-refractivity contribution in [3.8, 4) is 0 Å². The molecule has 2 N–H and O–H groups in total. The Morgan fingerprint density at radius 1 is 1.00 bits per heavy atom. The van der Waals surface area contributed by atoms with Gasteiger partial charge in [0.15, 0.2) is 0 Å². The summed E-state index contributed by atoms with van der Waals surface area (Å²) in [5, 5.41) is 3.92. The number of halogens is 1. The predicted molar refractivity (Wildman–Crippen MR) is 122 cm³/mol. The second-order valence-electron chi connectivity index (χ2n) is 6.70. The second-order valence-corrected chi connectivity index (χ2v) is 9.30. The van der Waals surface area contributed by atoms with E-state index in [0.717, 1.165) is 21.2 Å². The number of nitrogens with one attached hydrogen (secondary N) is 2. The summed E-state index contributed by atoms with van der Waals surface area (Å²) in [6.07, 6.45) is 1.51. The van der Waals surface area contributed by atoms with Crippen molar-refractivity contribution in [3.63, 3.8) is 0 Å². The van der Waals surface area contributed by atoms with Crippen LogP contribution in [-0.2, 0) is 10.0 Å². The van der Waals surface area contributed by atoms with Gasteiger partial charge in [0.1, 0.15) is 0 Å². The van der Waals surface area contributed by atoms with Crippen LogP contribution in [0.25, 0.3) is 0 Å². The van der Waals surface area contributed by atoms with Crippen LogP contribution in [0, 0.1) is 13.8 Å². The Bertz CT molecular complexity index is 1210. The molecule has 154 valence electrons. The zero-order chi connectivity index (χ0) is 21.7. The third-order valence-electron chi connectivity index (χ3n) is 4.28. The molecule has 0 bridgehead atoms. The highest BCUT2D eigenvalue weighted by Crippen LogP contribution is 2.21. The van der Waals surface area contributed by atoms with Crippen LogP contribution in [0.3, 0.4) is 0 Å². The van der Waals surface area contributed by atoms with Crippen molar-refractivity contribution in [2.24, 2.45) is 5.10 Å². The van der Waals surface area contributed by atoms with Crippen molar-refractivity contribution in [1.29, 1.82) is 0 Å². The first-order valence-corrected chi connectivity index (χ1v) is 11.3. The van der Waals surface area contributed by atoms with Gasteiger partial charge in [-0.1, -0.05) is 51.8 Å². The highest BCUT2D eigenvalue weighted by Gasteiger charge is 2.17. The lowest BCUT2D eigenvalue weighted by atomic mass is 10.1.